The van der Waals surface area contributed by atoms with E-state index in [1.807, 2.05) is 0 Å². The van der Waals surface area contributed by atoms with Crippen LogP contribution in [0.1, 0.15) is 31.4 Å². The Balaban J connectivity index is 2.57. The molecule has 1 aromatic rings. The van der Waals surface area contributed by atoms with E-state index in [2.05, 4.69) is 43.4 Å². The summed E-state index contributed by atoms with van der Waals surface area (Å²) in [5.41, 5.74) is 2.49. The number of carbonyl (C=O) groups is 1. The van der Waals surface area contributed by atoms with E-state index in [9.17, 15) is 4.79 Å². The minimum Gasteiger partial charge on any atom is -0.481 e. The average molecular weight is 293 g/mol. The number of rotatable bonds is 10. The lowest BCUT2D eigenvalue weighted by atomic mass is 9.98. The summed E-state index contributed by atoms with van der Waals surface area (Å²) in [5, 5.41) is 12.2. The molecule has 0 saturated carbocycles. The molecule has 1 unspecified atom stereocenters. The third-order valence-corrected chi connectivity index (χ3v) is 3.31. The number of methoxy groups -OCH3 is 1. The van der Waals surface area contributed by atoms with E-state index in [-0.39, 0.29) is 12.5 Å². The minimum atomic E-state index is -0.777. The standard InChI is InChI=1S/C17H27NO3/c1-13(2)10-14-4-6-15(7-5-14)11-16(12-17(19)20)18-8-9-21-3/h4-7,13,16,18H,8-12H2,1-3H3,(H,19,20). The van der Waals surface area contributed by atoms with Gasteiger partial charge in [-0.15, -0.1) is 0 Å². The topological polar surface area (TPSA) is 58.6 Å². The molecule has 1 aromatic carbocycles. The van der Waals surface area contributed by atoms with Crippen molar-refractivity contribution in [3.8, 4) is 0 Å². The van der Waals surface area contributed by atoms with Gasteiger partial charge in [0.1, 0.15) is 0 Å². The number of hydrogen-bond donors (Lipinski definition) is 2. The summed E-state index contributed by atoms with van der Waals surface area (Å²) < 4.78 is 4.99. The molecule has 0 heterocycles. The molecule has 0 spiro atoms. The zero-order valence-corrected chi connectivity index (χ0v) is 13.3. The molecule has 0 radical (unpaired) electrons. The Kier molecular flexibility index (Phi) is 8.01. The molecule has 0 aliphatic carbocycles. The summed E-state index contributed by atoms with van der Waals surface area (Å²) in [7, 11) is 1.64. The van der Waals surface area contributed by atoms with E-state index < -0.39 is 5.97 Å². The largest absolute Gasteiger partial charge is 0.481 e. The van der Waals surface area contributed by atoms with E-state index in [4.69, 9.17) is 9.84 Å². The number of carboxylic acid groups (broad SMARTS) is 1. The number of nitrogens with one attached hydrogen (secondary N) is 1. The molecule has 0 fully saturated rings. The number of hydrogen-bond acceptors (Lipinski definition) is 3. The third kappa shape index (κ3) is 7.83. The molecule has 0 aromatic heterocycles. The molecular weight excluding hydrogens is 266 g/mol. The maximum Gasteiger partial charge on any atom is 0.304 e. The van der Waals surface area contributed by atoms with Crippen LogP contribution in [0, 0.1) is 5.92 Å². The van der Waals surface area contributed by atoms with Gasteiger partial charge in [0.2, 0.25) is 0 Å². The van der Waals surface area contributed by atoms with Crippen LogP contribution in [0.4, 0.5) is 0 Å². The predicted octanol–water partition coefficient (Wildman–Crippen LogP) is 2.51. The third-order valence-electron chi connectivity index (χ3n) is 3.31. The van der Waals surface area contributed by atoms with Gasteiger partial charge in [-0.2, -0.15) is 0 Å². The van der Waals surface area contributed by atoms with Crippen LogP contribution in [0.3, 0.4) is 0 Å². The first kappa shape index (κ1) is 17.7. The molecule has 4 nitrogen and oxygen atoms in total. The zero-order valence-electron chi connectivity index (χ0n) is 13.3. The Labute approximate surface area is 127 Å². The van der Waals surface area contributed by atoms with Gasteiger partial charge >= 0.3 is 5.97 Å². The second-order valence-electron chi connectivity index (χ2n) is 5.86. The number of carboxylic acids is 1. The molecule has 0 saturated heterocycles. The summed E-state index contributed by atoms with van der Waals surface area (Å²) in [4.78, 5) is 10.9. The number of ether oxygens (including phenoxy) is 1. The van der Waals surface area contributed by atoms with Crippen LogP contribution in [-0.2, 0) is 22.4 Å². The second kappa shape index (κ2) is 9.53. The fourth-order valence-electron chi connectivity index (χ4n) is 2.36. The van der Waals surface area contributed by atoms with Crippen LogP contribution >= 0.6 is 0 Å². The molecule has 1 atom stereocenters. The van der Waals surface area contributed by atoms with Crippen molar-refractivity contribution in [2.75, 3.05) is 20.3 Å². The first-order valence-corrected chi connectivity index (χ1v) is 7.53. The Morgan fingerprint density at radius 3 is 2.24 bits per heavy atom. The Hall–Kier alpha value is -1.39. The van der Waals surface area contributed by atoms with Gasteiger partial charge in [0, 0.05) is 19.7 Å². The lowest BCUT2D eigenvalue weighted by Crippen LogP contribution is -2.35. The Bertz CT molecular complexity index is 415. The van der Waals surface area contributed by atoms with Gasteiger partial charge in [-0.05, 0) is 29.9 Å². The molecule has 0 amide bonds. The van der Waals surface area contributed by atoms with Crippen molar-refractivity contribution in [1.29, 1.82) is 0 Å². The molecule has 2 N–H and O–H groups in total. The Morgan fingerprint density at radius 2 is 1.76 bits per heavy atom. The van der Waals surface area contributed by atoms with Gasteiger partial charge in [-0.1, -0.05) is 38.1 Å². The van der Waals surface area contributed by atoms with Gasteiger partial charge in [0.25, 0.3) is 0 Å². The molecule has 0 bridgehead atoms. The van der Waals surface area contributed by atoms with Crippen molar-refractivity contribution in [2.24, 2.45) is 5.92 Å². The van der Waals surface area contributed by atoms with Gasteiger partial charge in [0.15, 0.2) is 0 Å². The summed E-state index contributed by atoms with van der Waals surface area (Å²) in [6.07, 6.45) is 1.92. The first-order valence-electron chi connectivity index (χ1n) is 7.53. The van der Waals surface area contributed by atoms with Crippen LogP contribution in [0.2, 0.25) is 0 Å². The molecule has 0 aliphatic heterocycles. The highest BCUT2D eigenvalue weighted by atomic mass is 16.5. The van der Waals surface area contributed by atoms with Crippen LogP contribution in [0.25, 0.3) is 0 Å². The van der Waals surface area contributed by atoms with Crippen LogP contribution in [-0.4, -0.2) is 37.4 Å². The fourth-order valence-corrected chi connectivity index (χ4v) is 2.36. The van der Waals surface area contributed by atoms with Crippen LogP contribution in [0.5, 0.6) is 0 Å². The van der Waals surface area contributed by atoms with Gasteiger partial charge in [-0.3, -0.25) is 4.79 Å². The summed E-state index contributed by atoms with van der Waals surface area (Å²) in [6.45, 7) is 5.66. The van der Waals surface area contributed by atoms with Gasteiger partial charge in [0.05, 0.1) is 13.0 Å². The first-order chi connectivity index (χ1) is 10.0. The van der Waals surface area contributed by atoms with Crippen molar-refractivity contribution < 1.29 is 14.6 Å². The quantitative estimate of drug-likeness (QED) is 0.651. The predicted molar refractivity (Wildman–Crippen MR) is 84.6 cm³/mol. The summed E-state index contributed by atoms with van der Waals surface area (Å²) in [6, 6.07) is 8.42. The molecule has 1 rings (SSSR count). The smallest absolute Gasteiger partial charge is 0.304 e. The van der Waals surface area contributed by atoms with Gasteiger partial charge in [-0.25, -0.2) is 0 Å². The monoisotopic (exact) mass is 293 g/mol. The van der Waals surface area contributed by atoms with Crippen molar-refractivity contribution in [3.05, 3.63) is 35.4 Å². The highest BCUT2D eigenvalue weighted by Gasteiger charge is 2.13. The maximum atomic E-state index is 10.9. The molecule has 21 heavy (non-hydrogen) atoms. The maximum absolute atomic E-state index is 10.9. The number of aliphatic carboxylic acids is 1. The lowest BCUT2D eigenvalue weighted by Gasteiger charge is -2.17. The highest BCUT2D eigenvalue weighted by Crippen LogP contribution is 2.12. The van der Waals surface area contributed by atoms with Crippen LogP contribution in [0.15, 0.2) is 24.3 Å². The molecule has 4 heteroatoms. The SMILES string of the molecule is COCCNC(CC(=O)O)Cc1ccc(CC(C)C)cc1. The molecular formula is C17H27NO3. The Morgan fingerprint density at radius 1 is 1.19 bits per heavy atom. The minimum absolute atomic E-state index is 0.0615. The molecule has 118 valence electrons. The van der Waals surface area contributed by atoms with E-state index in [1.165, 1.54) is 11.1 Å². The van der Waals surface area contributed by atoms with E-state index in [0.717, 1.165) is 12.8 Å². The zero-order chi connectivity index (χ0) is 15.7. The van der Waals surface area contributed by atoms with E-state index >= 15 is 0 Å². The van der Waals surface area contributed by atoms with Crippen LogP contribution < -0.4 is 5.32 Å². The fraction of sp³-hybridized carbons (Fsp3) is 0.588. The van der Waals surface area contributed by atoms with Crippen molar-refractivity contribution in [1.82, 2.24) is 5.32 Å². The lowest BCUT2D eigenvalue weighted by molar-refractivity contribution is -0.137. The number of benzene rings is 1. The second-order valence-corrected chi connectivity index (χ2v) is 5.86. The molecule has 0 aliphatic rings. The summed E-state index contributed by atoms with van der Waals surface area (Å²) >= 11 is 0. The summed E-state index contributed by atoms with van der Waals surface area (Å²) in [5.74, 6) is -0.132. The van der Waals surface area contributed by atoms with Crippen molar-refractivity contribution in [3.63, 3.8) is 0 Å². The van der Waals surface area contributed by atoms with Gasteiger partial charge < -0.3 is 15.2 Å². The van der Waals surface area contributed by atoms with E-state index in [1.54, 1.807) is 7.11 Å². The highest BCUT2D eigenvalue weighted by molar-refractivity contribution is 5.67. The van der Waals surface area contributed by atoms with Crippen molar-refractivity contribution in [2.45, 2.75) is 39.2 Å². The average Bonchev–Trinajstić information content (AvgIpc) is 2.40. The normalized spacial score (nSPS) is 12.6. The van der Waals surface area contributed by atoms with E-state index in [0.29, 0.717) is 19.1 Å². The van der Waals surface area contributed by atoms with Crippen molar-refractivity contribution >= 4 is 5.97 Å².